The molecular weight excluding hydrogens is 1270 g/mol. The van der Waals surface area contributed by atoms with Gasteiger partial charge in [-0.25, -0.2) is 39.9 Å². The molecule has 12 nitrogen and oxygen atoms in total. The van der Waals surface area contributed by atoms with Crippen LogP contribution in [-0.4, -0.2) is 39.9 Å². The minimum atomic E-state index is -0.114. The number of fused-ring (bicyclic) bond motifs is 4. The smallest absolute Gasteiger partial charge is 0.159 e. The van der Waals surface area contributed by atoms with Crippen molar-refractivity contribution in [2.45, 2.75) is 132 Å². The predicted octanol–water partition coefficient (Wildman–Crippen LogP) is 24.7. The van der Waals surface area contributed by atoms with Crippen LogP contribution in [0.1, 0.15) is 128 Å². The first-order valence-electron chi connectivity index (χ1n) is 36.0. The van der Waals surface area contributed by atoms with Crippen LogP contribution in [0, 0.1) is 27.7 Å². The van der Waals surface area contributed by atoms with E-state index in [1.54, 1.807) is 0 Å². The maximum Gasteiger partial charge on any atom is 0.159 e. The zero-order valence-electron chi connectivity index (χ0n) is 62.3. The summed E-state index contributed by atoms with van der Waals surface area (Å²) in [5.74, 6) is 0. The highest BCUT2D eigenvalue weighted by molar-refractivity contribution is 6.33. The number of hydrogen-bond donors (Lipinski definition) is 0. The second kappa shape index (κ2) is 25.0. The summed E-state index contributed by atoms with van der Waals surface area (Å²) in [5, 5.41) is 10.1. The summed E-state index contributed by atoms with van der Waals surface area (Å²) in [6.45, 7) is 36.1. The second-order valence-electron chi connectivity index (χ2n) is 32.0. The van der Waals surface area contributed by atoms with Crippen LogP contribution in [0.2, 0.25) is 0 Å². The van der Waals surface area contributed by atoms with Crippen LogP contribution in [0.25, 0.3) is 76.5 Å². The van der Waals surface area contributed by atoms with Crippen LogP contribution in [0.15, 0.2) is 232 Å². The van der Waals surface area contributed by atoms with Crippen molar-refractivity contribution in [2.24, 2.45) is 0 Å². The third-order valence-corrected chi connectivity index (χ3v) is 21.2. The normalized spacial score (nSPS) is 12.4. The van der Waals surface area contributed by atoms with E-state index in [2.05, 4.69) is 288 Å². The number of benzene rings is 8. The molecule has 0 saturated carbocycles. The van der Waals surface area contributed by atoms with Crippen molar-refractivity contribution in [1.29, 1.82) is 0 Å². The van der Waals surface area contributed by atoms with Gasteiger partial charge in [0.2, 0.25) is 0 Å². The summed E-state index contributed by atoms with van der Waals surface area (Å²) in [7, 11) is 0. The number of pyridine rings is 8. The molecule has 12 heteroatoms. The van der Waals surface area contributed by atoms with Crippen LogP contribution >= 0.6 is 0 Å². The van der Waals surface area contributed by atoms with Gasteiger partial charge in [-0.1, -0.05) is 156 Å². The summed E-state index contributed by atoms with van der Waals surface area (Å²) in [6, 6.07) is 67.5. The van der Waals surface area contributed by atoms with Gasteiger partial charge in [0, 0.05) is 101 Å². The Morgan fingerprint density at radius 3 is 0.615 bits per heavy atom. The van der Waals surface area contributed by atoms with Crippen molar-refractivity contribution < 1.29 is 0 Å². The molecular formula is C92H86N12. The van der Waals surface area contributed by atoms with Crippen molar-refractivity contribution in [3.05, 3.63) is 276 Å². The molecule has 104 heavy (non-hydrogen) atoms. The highest BCUT2D eigenvalue weighted by atomic mass is 15.2. The number of nitrogens with zero attached hydrogens (tertiary/aromatic N) is 12. The molecule has 0 amide bonds. The Kier molecular flexibility index (Phi) is 16.1. The fourth-order valence-electron chi connectivity index (χ4n) is 15.2. The topological polar surface area (TPSA) is 116 Å². The standard InChI is InChI=1S/C92H86N12/c1-55-67-21-17-45-93-85(67)97-51-79(55)101(63-33-25-59(26-34-63)89(5,6)7)75-49-76(102(64-35-27-60(28-36-64)90(8,9)10)80-52-98-86-68(56(80)2)22-18-46-94-86)72-43-44-74-78(104(66-39-31-62(32-40-66)92(14,15)16)82-54-100-88-70(58(82)4)24-20-48-96-88)50-77(73-42-41-71(75)83(72)84(73)74)103(65-37-29-61(30-38-65)91(11,12)13)81-53-99-87-69(57(81)3)23-19-47-95-87/h17-54H,1-16H3. The molecule has 0 bridgehead atoms. The van der Waals surface area contributed by atoms with Crippen LogP contribution in [0.5, 0.6) is 0 Å². The van der Waals surface area contributed by atoms with Crippen molar-refractivity contribution in [3.63, 3.8) is 0 Å². The molecule has 16 rings (SSSR count). The molecule has 514 valence electrons. The second-order valence-corrected chi connectivity index (χ2v) is 32.0. The molecule has 0 aliphatic carbocycles. The van der Waals surface area contributed by atoms with Crippen molar-refractivity contribution in [3.8, 4) is 0 Å². The van der Waals surface area contributed by atoms with E-state index >= 15 is 0 Å². The zero-order chi connectivity index (χ0) is 72.5. The Hall–Kier alpha value is -11.8. The Labute approximate surface area is 609 Å². The van der Waals surface area contributed by atoms with Gasteiger partial charge in [0.15, 0.2) is 22.6 Å². The molecule has 8 heterocycles. The van der Waals surface area contributed by atoms with Gasteiger partial charge in [-0.15, -0.1) is 0 Å². The molecule has 0 N–H and O–H groups in total. The van der Waals surface area contributed by atoms with E-state index in [-0.39, 0.29) is 21.7 Å². The van der Waals surface area contributed by atoms with Crippen molar-refractivity contribution >= 4 is 145 Å². The van der Waals surface area contributed by atoms with Gasteiger partial charge in [0.1, 0.15) is 0 Å². The quantitative estimate of drug-likeness (QED) is 0.108. The first-order chi connectivity index (χ1) is 49.8. The SMILES string of the molecule is Cc1c(N(c2ccc(C(C)(C)C)cc2)c2cc(N(c3ccc(C(C)(C)C)cc3)c3cnc4ncccc4c3C)c3ccc4c(N(c5ccc(C(C)(C)C)cc5)c5cnc6ncccc6c5C)cc(N(c5ccc(C(C)(C)C)cc5)c5cnc6ncccc6c5C)c5ccc2c3c54)cnc2ncccc12. The lowest BCUT2D eigenvalue weighted by Gasteiger charge is -2.35. The molecule has 8 aromatic heterocycles. The van der Waals surface area contributed by atoms with Crippen LogP contribution in [-0.2, 0) is 21.7 Å². The van der Waals surface area contributed by atoms with E-state index < -0.39 is 0 Å². The Balaban J connectivity index is 1.13. The molecule has 0 spiro atoms. The molecule has 0 atom stereocenters. The van der Waals surface area contributed by atoms with Gasteiger partial charge in [0.05, 0.1) is 70.3 Å². The Morgan fingerprint density at radius 1 is 0.221 bits per heavy atom. The fraction of sp³-hybridized carbons (Fsp3) is 0.217. The minimum Gasteiger partial charge on any atom is -0.308 e. The largest absolute Gasteiger partial charge is 0.308 e. The number of hydrogen-bond acceptors (Lipinski definition) is 12. The maximum atomic E-state index is 5.21. The van der Waals surface area contributed by atoms with Gasteiger partial charge < -0.3 is 19.6 Å². The lowest BCUT2D eigenvalue weighted by atomic mass is 9.86. The third-order valence-electron chi connectivity index (χ3n) is 21.2. The maximum absolute atomic E-state index is 5.21. The first kappa shape index (κ1) is 66.8. The number of aromatic nitrogens is 8. The summed E-state index contributed by atoms with van der Waals surface area (Å²) >= 11 is 0. The van der Waals surface area contributed by atoms with Gasteiger partial charge >= 0.3 is 0 Å². The molecule has 0 unspecified atom stereocenters. The molecule has 0 saturated heterocycles. The van der Waals surface area contributed by atoms with E-state index in [0.29, 0.717) is 22.6 Å². The lowest BCUT2D eigenvalue weighted by Crippen LogP contribution is -2.18. The summed E-state index contributed by atoms with van der Waals surface area (Å²) in [5.41, 5.74) is 22.7. The van der Waals surface area contributed by atoms with Gasteiger partial charge in [0.25, 0.3) is 0 Å². The predicted molar refractivity (Wildman–Crippen MR) is 435 cm³/mol. The van der Waals surface area contributed by atoms with Crippen LogP contribution in [0.3, 0.4) is 0 Å². The van der Waals surface area contributed by atoms with Crippen LogP contribution in [0.4, 0.5) is 68.2 Å². The molecule has 0 aliphatic rings. The Morgan fingerprint density at radius 2 is 0.423 bits per heavy atom. The number of aryl methyl sites for hydroxylation is 4. The zero-order valence-corrected chi connectivity index (χ0v) is 62.3. The van der Waals surface area contributed by atoms with E-state index in [9.17, 15) is 0 Å². The van der Waals surface area contributed by atoms with E-state index in [4.69, 9.17) is 39.9 Å². The van der Waals surface area contributed by atoms with Gasteiger partial charge in [-0.3, -0.25) is 0 Å². The van der Waals surface area contributed by atoms with Gasteiger partial charge in [-0.2, -0.15) is 0 Å². The summed E-state index contributed by atoms with van der Waals surface area (Å²) in [4.78, 5) is 49.9. The summed E-state index contributed by atoms with van der Waals surface area (Å²) in [6.07, 6.45) is 15.3. The number of rotatable bonds is 12. The van der Waals surface area contributed by atoms with Gasteiger partial charge in [-0.05, 0) is 203 Å². The van der Waals surface area contributed by atoms with Crippen molar-refractivity contribution in [1.82, 2.24) is 39.9 Å². The molecule has 0 fully saturated rings. The average molecular weight is 1360 g/mol. The molecule has 0 aliphatic heterocycles. The fourth-order valence-corrected chi connectivity index (χ4v) is 15.2. The highest BCUT2D eigenvalue weighted by Gasteiger charge is 2.33. The highest BCUT2D eigenvalue weighted by Crippen LogP contribution is 2.57. The monoisotopic (exact) mass is 1360 g/mol. The summed E-state index contributed by atoms with van der Waals surface area (Å²) < 4.78 is 0. The molecule has 8 aromatic carbocycles. The lowest BCUT2D eigenvalue weighted by molar-refractivity contribution is 0.590. The third kappa shape index (κ3) is 11.5. The number of anilines is 12. The van der Waals surface area contributed by atoms with E-state index in [0.717, 1.165) is 144 Å². The van der Waals surface area contributed by atoms with Crippen LogP contribution < -0.4 is 19.6 Å². The molecule has 0 radical (unpaired) electrons. The van der Waals surface area contributed by atoms with E-state index in [1.807, 2.05) is 73.8 Å². The van der Waals surface area contributed by atoms with E-state index in [1.165, 1.54) is 22.3 Å². The minimum absolute atomic E-state index is 0.114. The first-order valence-corrected chi connectivity index (χ1v) is 36.0. The van der Waals surface area contributed by atoms with Crippen molar-refractivity contribution in [2.75, 3.05) is 19.6 Å². The average Bonchev–Trinajstić information content (AvgIpc) is 0.697. The Bertz CT molecular complexity index is 5290. The molecule has 16 aromatic rings.